The number of benzene rings is 1. The molecule has 1 aliphatic heterocycles. The Morgan fingerprint density at radius 2 is 1.68 bits per heavy atom. The van der Waals surface area contributed by atoms with E-state index in [1.54, 1.807) is 25.1 Å². The third-order valence-electron chi connectivity index (χ3n) is 4.26. The van der Waals surface area contributed by atoms with Crippen LogP contribution >= 0.6 is 0 Å². The first-order chi connectivity index (χ1) is 11.9. The van der Waals surface area contributed by atoms with E-state index in [0.717, 1.165) is 14.2 Å². The average Bonchev–Trinajstić information content (AvgIpc) is 2.84. The van der Waals surface area contributed by atoms with Crippen molar-refractivity contribution >= 4 is 29.4 Å². The summed E-state index contributed by atoms with van der Waals surface area (Å²) < 4.78 is 14.4. The van der Waals surface area contributed by atoms with E-state index in [-0.39, 0.29) is 12.2 Å². The monoisotopic (exact) mass is 349 g/mol. The third-order valence-corrected chi connectivity index (χ3v) is 4.26. The minimum absolute atomic E-state index is 0.0346. The van der Waals surface area contributed by atoms with Crippen LogP contribution in [0.3, 0.4) is 0 Å². The molecule has 8 nitrogen and oxygen atoms in total. The molecule has 0 radical (unpaired) electrons. The van der Waals surface area contributed by atoms with Crippen LogP contribution < -0.4 is 4.90 Å². The van der Waals surface area contributed by atoms with E-state index in [9.17, 15) is 19.2 Å². The number of para-hydroxylation sites is 1. The SMILES string of the molecule is CCOC(=O)C1(C(C(=O)OC)C(=O)OC)C(=O)c2ccccc2N1C. The van der Waals surface area contributed by atoms with Crippen molar-refractivity contribution in [1.29, 1.82) is 0 Å². The number of methoxy groups -OCH3 is 2. The van der Waals surface area contributed by atoms with E-state index < -0.39 is 35.1 Å². The van der Waals surface area contributed by atoms with Gasteiger partial charge in [-0.2, -0.15) is 0 Å². The van der Waals surface area contributed by atoms with Gasteiger partial charge in [-0.1, -0.05) is 12.1 Å². The molecular formula is C17H19NO7. The fourth-order valence-electron chi connectivity index (χ4n) is 3.09. The van der Waals surface area contributed by atoms with Gasteiger partial charge in [0.15, 0.2) is 5.92 Å². The summed E-state index contributed by atoms with van der Waals surface area (Å²) >= 11 is 0. The smallest absolute Gasteiger partial charge is 0.341 e. The number of rotatable bonds is 5. The Hall–Kier alpha value is -2.90. The Kier molecular flexibility index (Phi) is 5.10. The molecule has 1 heterocycles. The van der Waals surface area contributed by atoms with Crippen LogP contribution in [-0.4, -0.2) is 57.1 Å². The second-order valence-electron chi connectivity index (χ2n) is 5.37. The largest absolute Gasteiger partial charge is 0.468 e. The molecule has 134 valence electrons. The molecule has 1 aromatic rings. The van der Waals surface area contributed by atoms with Gasteiger partial charge in [0.2, 0.25) is 11.3 Å². The number of likely N-dealkylation sites (N-methyl/N-ethyl adjacent to an activating group) is 1. The van der Waals surface area contributed by atoms with Gasteiger partial charge in [0.25, 0.3) is 0 Å². The summed E-state index contributed by atoms with van der Waals surface area (Å²) in [4.78, 5) is 52.0. The summed E-state index contributed by atoms with van der Waals surface area (Å²) in [5, 5.41) is 0. The maximum atomic E-state index is 13.2. The van der Waals surface area contributed by atoms with Crippen molar-refractivity contribution in [1.82, 2.24) is 0 Å². The molecule has 1 unspecified atom stereocenters. The molecule has 0 aliphatic carbocycles. The molecule has 0 saturated carbocycles. The number of anilines is 1. The number of hydrogen-bond donors (Lipinski definition) is 0. The lowest BCUT2D eigenvalue weighted by Crippen LogP contribution is -2.65. The number of ether oxygens (including phenoxy) is 3. The lowest BCUT2D eigenvalue weighted by atomic mass is 9.79. The predicted molar refractivity (Wildman–Crippen MR) is 86.1 cm³/mol. The van der Waals surface area contributed by atoms with E-state index in [0.29, 0.717) is 5.69 Å². The Labute approximate surface area is 144 Å². The predicted octanol–water partition coefficient (Wildman–Crippen LogP) is 0.583. The van der Waals surface area contributed by atoms with Crippen LogP contribution in [0.5, 0.6) is 0 Å². The number of carbonyl (C=O) groups excluding carboxylic acids is 4. The van der Waals surface area contributed by atoms with Gasteiger partial charge >= 0.3 is 17.9 Å². The number of fused-ring (bicyclic) bond motifs is 1. The highest BCUT2D eigenvalue weighted by molar-refractivity contribution is 6.29. The van der Waals surface area contributed by atoms with Crippen LogP contribution in [0, 0.1) is 5.92 Å². The van der Waals surface area contributed by atoms with Crippen molar-refractivity contribution < 1.29 is 33.4 Å². The lowest BCUT2D eigenvalue weighted by Gasteiger charge is -2.37. The Morgan fingerprint density at radius 3 is 2.16 bits per heavy atom. The molecule has 0 aromatic heterocycles. The van der Waals surface area contributed by atoms with E-state index in [4.69, 9.17) is 4.74 Å². The molecule has 0 bridgehead atoms. The number of hydrogen-bond acceptors (Lipinski definition) is 8. The third kappa shape index (κ3) is 2.54. The van der Waals surface area contributed by atoms with E-state index in [1.807, 2.05) is 0 Å². The van der Waals surface area contributed by atoms with Gasteiger partial charge in [0, 0.05) is 18.3 Å². The Balaban J connectivity index is 2.76. The summed E-state index contributed by atoms with van der Waals surface area (Å²) in [7, 11) is 3.56. The lowest BCUT2D eigenvalue weighted by molar-refractivity contribution is -0.168. The first-order valence-corrected chi connectivity index (χ1v) is 7.58. The molecule has 8 heteroatoms. The molecule has 25 heavy (non-hydrogen) atoms. The van der Waals surface area contributed by atoms with Gasteiger partial charge in [-0.3, -0.25) is 14.4 Å². The zero-order chi connectivity index (χ0) is 18.8. The second-order valence-corrected chi connectivity index (χ2v) is 5.37. The molecular weight excluding hydrogens is 330 g/mol. The van der Waals surface area contributed by atoms with Gasteiger partial charge in [-0.15, -0.1) is 0 Å². The van der Waals surface area contributed by atoms with Crippen LogP contribution in [0.25, 0.3) is 0 Å². The maximum Gasteiger partial charge on any atom is 0.341 e. The molecule has 0 fully saturated rings. The minimum Gasteiger partial charge on any atom is -0.468 e. The van der Waals surface area contributed by atoms with Crippen LogP contribution in [0.4, 0.5) is 5.69 Å². The van der Waals surface area contributed by atoms with Gasteiger partial charge in [0.1, 0.15) is 0 Å². The topological polar surface area (TPSA) is 99.2 Å². The molecule has 0 N–H and O–H groups in total. The highest BCUT2D eigenvalue weighted by Crippen LogP contribution is 2.43. The molecule has 0 saturated heterocycles. The van der Waals surface area contributed by atoms with Gasteiger partial charge in [-0.25, -0.2) is 4.79 Å². The fourth-order valence-corrected chi connectivity index (χ4v) is 3.09. The molecule has 0 amide bonds. The van der Waals surface area contributed by atoms with Crippen molar-refractivity contribution in [3.05, 3.63) is 29.8 Å². The highest BCUT2D eigenvalue weighted by Gasteiger charge is 2.67. The van der Waals surface area contributed by atoms with Crippen molar-refractivity contribution in [2.45, 2.75) is 12.5 Å². The summed E-state index contributed by atoms with van der Waals surface area (Å²) in [6.07, 6.45) is 0. The summed E-state index contributed by atoms with van der Waals surface area (Å²) in [5.41, 5.74) is -1.62. The van der Waals surface area contributed by atoms with Gasteiger partial charge < -0.3 is 19.1 Å². The van der Waals surface area contributed by atoms with Crippen LogP contribution in [-0.2, 0) is 28.6 Å². The first-order valence-electron chi connectivity index (χ1n) is 7.58. The molecule has 0 spiro atoms. The quantitative estimate of drug-likeness (QED) is 0.432. The first kappa shape index (κ1) is 18.4. The number of Topliss-reactive ketones (excluding diaryl/α,β-unsaturated/α-hetero) is 1. The van der Waals surface area contributed by atoms with E-state index in [1.165, 1.54) is 18.0 Å². The van der Waals surface area contributed by atoms with Crippen LogP contribution in [0.1, 0.15) is 17.3 Å². The van der Waals surface area contributed by atoms with E-state index >= 15 is 0 Å². The molecule has 1 atom stereocenters. The van der Waals surface area contributed by atoms with Crippen LogP contribution in [0.15, 0.2) is 24.3 Å². The second kappa shape index (κ2) is 6.92. The normalized spacial score (nSPS) is 18.8. The van der Waals surface area contributed by atoms with Crippen molar-refractivity contribution in [3.63, 3.8) is 0 Å². The molecule has 2 rings (SSSR count). The maximum absolute atomic E-state index is 13.2. The number of ketones is 1. The van der Waals surface area contributed by atoms with Crippen molar-refractivity contribution in [2.24, 2.45) is 5.92 Å². The van der Waals surface area contributed by atoms with Crippen molar-refractivity contribution in [3.8, 4) is 0 Å². The Bertz CT molecular complexity index is 713. The average molecular weight is 349 g/mol. The zero-order valence-corrected chi connectivity index (χ0v) is 14.4. The van der Waals surface area contributed by atoms with Crippen LogP contribution in [0.2, 0.25) is 0 Å². The number of nitrogens with zero attached hydrogens (tertiary/aromatic N) is 1. The highest BCUT2D eigenvalue weighted by atomic mass is 16.6. The summed E-state index contributed by atoms with van der Waals surface area (Å²) in [6.45, 7) is 1.52. The van der Waals surface area contributed by atoms with Crippen molar-refractivity contribution in [2.75, 3.05) is 32.8 Å². The summed E-state index contributed by atoms with van der Waals surface area (Å²) in [5.74, 6) is -5.68. The Morgan fingerprint density at radius 1 is 1.12 bits per heavy atom. The van der Waals surface area contributed by atoms with E-state index in [2.05, 4.69) is 9.47 Å². The molecule has 1 aromatic carbocycles. The number of esters is 3. The minimum atomic E-state index is -2.22. The van der Waals surface area contributed by atoms with Gasteiger partial charge in [0.05, 0.1) is 20.8 Å². The standard InChI is InChI=1S/C17H19NO7/c1-5-25-16(22)17(12(14(20)23-3)15(21)24-4)13(19)10-8-6-7-9-11(10)18(17)2/h6-9,12H,5H2,1-4H3. The van der Waals surface area contributed by atoms with Gasteiger partial charge in [-0.05, 0) is 19.1 Å². The fraction of sp³-hybridized carbons (Fsp3) is 0.412. The molecule has 1 aliphatic rings. The number of carbonyl (C=O) groups is 4. The summed E-state index contributed by atoms with van der Waals surface area (Å²) in [6, 6.07) is 6.42. The zero-order valence-electron chi connectivity index (χ0n) is 14.4.